The molecule has 0 spiro atoms. The summed E-state index contributed by atoms with van der Waals surface area (Å²) in [7, 11) is 1.61. The van der Waals surface area contributed by atoms with Gasteiger partial charge in [0.1, 0.15) is 11.5 Å². The average Bonchev–Trinajstić information content (AvgIpc) is 2.74. The first-order valence-electron chi connectivity index (χ1n) is 10.4. The number of benzene rings is 2. The lowest BCUT2D eigenvalue weighted by Crippen LogP contribution is -2.37. The summed E-state index contributed by atoms with van der Waals surface area (Å²) in [5.74, 6) is 1.91. The van der Waals surface area contributed by atoms with Crippen LogP contribution in [0.25, 0.3) is 0 Å². The Kier molecular flexibility index (Phi) is 7.02. The van der Waals surface area contributed by atoms with Gasteiger partial charge in [0.15, 0.2) is 6.10 Å². The molecule has 3 rings (SSSR count). The molecule has 5 nitrogen and oxygen atoms in total. The number of carbonyl (C=O) groups excluding carboxylic acids is 1. The molecule has 1 saturated heterocycles. The number of amides is 1. The highest BCUT2D eigenvalue weighted by molar-refractivity contribution is 5.81. The zero-order valence-corrected chi connectivity index (χ0v) is 17.9. The van der Waals surface area contributed by atoms with Crippen LogP contribution >= 0.6 is 0 Å². The molecule has 1 amide bonds. The van der Waals surface area contributed by atoms with E-state index in [1.54, 1.807) is 20.1 Å². The van der Waals surface area contributed by atoms with Gasteiger partial charge in [-0.3, -0.25) is 4.79 Å². The normalized spacial score (nSPS) is 18.6. The van der Waals surface area contributed by atoms with Gasteiger partial charge >= 0.3 is 0 Å². The number of hydrogen-bond donors (Lipinski definition) is 1. The second-order valence-electron chi connectivity index (χ2n) is 7.95. The van der Waals surface area contributed by atoms with Crippen molar-refractivity contribution in [3.8, 4) is 11.5 Å². The molecule has 0 aromatic heterocycles. The first-order chi connectivity index (χ1) is 14.0. The van der Waals surface area contributed by atoms with E-state index in [4.69, 9.17) is 9.47 Å². The number of nitrogens with zero attached hydrogens (tertiary/aromatic N) is 1. The number of carbonyl (C=O) groups is 1. The maximum atomic E-state index is 12.6. The Bertz CT molecular complexity index is 806. The third kappa shape index (κ3) is 5.66. The van der Waals surface area contributed by atoms with Gasteiger partial charge in [0, 0.05) is 24.8 Å². The summed E-state index contributed by atoms with van der Waals surface area (Å²) in [6.45, 7) is 8.29. The highest BCUT2D eigenvalue weighted by Crippen LogP contribution is 2.25. The summed E-state index contributed by atoms with van der Waals surface area (Å²) in [5, 5.41) is 3.04. The Morgan fingerprint density at radius 1 is 1.14 bits per heavy atom. The SMILES string of the molecule is COc1cccc(OC(C)C(=O)NC(C)c2ccc(N3CCCC(C)C3)cc2)c1. The van der Waals surface area contributed by atoms with Gasteiger partial charge in [-0.25, -0.2) is 0 Å². The molecule has 1 fully saturated rings. The average molecular weight is 397 g/mol. The van der Waals surface area contributed by atoms with E-state index in [0.717, 1.165) is 24.6 Å². The van der Waals surface area contributed by atoms with Gasteiger partial charge in [-0.2, -0.15) is 0 Å². The van der Waals surface area contributed by atoms with Crippen molar-refractivity contribution >= 4 is 11.6 Å². The van der Waals surface area contributed by atoms with Crippen LogP contribution in [0.15, 0.2) is 48.5 Å². The number of piperidine rings is 1. The Morgan fingerprint density at radius 3 is 2.55 bits per heavy atom. The summed E-state index contributed by atoms with van der Waals surface area (Å²) >= 11 is 0. The van der Waals surface area contributed by atoms with E-state index in [9.17, 15) is 4.79 Å². The van der Waals surface area contributed by atoms with Crippen LogP contribution in [-0.2, 0) is 4.79 Å². The molecule has 0 saturated carbocycles. The summed E-state index contributed by atoms with van der Waals surface area (Å²) in [6, 6.07) is 15.7. The summed E-state index contributed by atoms with van der Waals surface area (Å²) in [6.07, 6.45) is 1.97. The number of rotatable bonds is 7. The van der Waals surface area contributed by atoms with E-state index in [-0.39, 0.29) is 11.9 Å². The molecule has 1 aliphatic rings. The minimum Gasteiger partial charge on any atom is -0.497 e. The molecule has 2 aromatic carbocycles. The molecule has 3 atom stereocenters. The molecule has 1 N–H and O–H groups in total. The van der Waals surface area contributed by atoms with E-state index >= 15 is 0 Å². The fourth-order valence-corrected chi connectivity index (χ4v) is 3.74. The van der Waals surface area contributed by atoms with Crippen LogP contribution in [-0.4, -0.2) is 32.2 Å². The Balaban J connectivity index is 1.55. The minimum atomic E-state index is -0.598. The van der Waals surface area contributed by atoms with Crippen molar-refractivity contribution in [1.82, 2.24) is 5.32 Å². The number of ether oxygens (including phenoxy) is 2. The van der Waals surface area contributed by atoms with Crippen LogP contribution < -0.4 is 19.7 Å². The lowest BCUT2D eigenvalue weighted by Gasteiger charge is -2.33. The molecule has 29 heavy (non-hydrogen) atoms. The zero-order chi connectivity index (χ0) is 20.8. The smallest absolute Gasteiger partial charge is 0.261 e. The third-order valence-corrected chi connectivity index (χ3v) is 5.50. The van der Waals surface area contributed by atoms with E-state index in [0.29, 0.717) is 11.5 Å². The molecule has 1 heterocycles. The van der Waals surface area contributed by atoms with E-state index in [2.05, 4.69) is 41.4 Å². The van der Waals surface area contributed by atoms with Crippen molar-refractivity contribution in [1.29, 1.82) is 0 Å². The summed E-state index contributed by atoms with van der Waals surface area (Å²) < 4.78 is 11.0. The topological polar surface area (TPSA) is 50.8 Å². The van der Waals surface area contributed by atoms with E-state index in [1.165, 1.54) is 18.5 Å². The molecular formula is C24H32N2O3. The van der Waals surface area contributed by atoms with Gasteiger partial charge in [-0.1, -0.05) is 25.1 Å². The van der Waals surface area contributed by atoms with Crippen LogP contribution in [0.3, 0.4) is 0 Å². The van der Waals surface area contributed by atoms with Gasteiger partial charge in [-0.05, 0) is 62.4 Å². The van der Waals surface area contributed by atoms with Gasteiger partial charge in [0.2, 0.25) is 0 Å². The van der Waals surface area contributed by atoms with Crippen LogP contribution in [0, 0.1) is 5.92 Å². The van der Waals surface area contributed by atoms with Crippen molar-refractivity contribution < 1.29 is 14.3 Å². The second kappa shape index (κ2) is 9.68. The quantitative estimate of drug-likeness (QED) is 0.744. The Morgan fingerprint density at radius 2 is 1.86 bits per heavy atom. The second-order valence-corrected chi connectivity index (χ2v) is 7.95. The van der Waals surface area contributed by atoms with Gasteiger partial charge in [0.25, 0.3) is 5.91 Å². The first-order valence-corrected chi connectivity index (χ1v) is 10.4. The largest absolute Gasteiger partial charge is 0.497 e. The standard InChI is InChI=1S/C24H32N2O3/c1-17-7-6-14-26(16-17)21-12-10-20(11-13-21)18(2)25-24(27)19(3)29-23-9-5-8-22(15-23)28-4/h5,8-13,15,17-19H,6-7,14,16H2,1-4H3,(H,25,27). The molecule has 5 heteroatoms. The van der Waals surface area contributed by atoms with Gasteiger partial charge in [-0.15, -0.1) is 0 Å². The molecule has 1 aliphatic heterocycles. The fraction of sp³-hybridized carbons (Fsp3) is 0.458. The zero-order valence-electron chi connectivity index (χ0n) is 17.9. The molecule has 2 aromatic rings. The molecule has 0 radical (unpaired) electrons. The van der Waals surface area contributed by atoms with Crippen molar-refractivity contribution in [3.05, 3.63) is 54.1 Å². The first kappa shape index (κ1) is 21.0. The van der Waals surface area contributed by atoms with Crippen LogP contribution in [0.5, 0.6) is 11.5 Å². The van der Waals surface area contributed by atoms with Crippen LogP contribution in [0.2, 0.25) is 0 Å². The fourth-order valence-electron chi connectivity index (χ4n) is 3.74. The summed E-state index contributed by atoms with van der Waals surface area (Å²) in [4.78, 5) is 15.0. The lowest BCUT2D eigenvalue weighted by molar-refractivity contribution is -0.127. The number of nitrogens with one attached hydrogen (secondary N) is 1. The maximum Gasteiger partial charge on any atom is 0.261 e. The monoisotopic (exact) mass is 396 g/mol. The Labute approximate surface area is 174 Å². The van der Waals surface area contributed by atoms with Crippen molar-refractivity contribution in [2.75, 3.05) is 25.1 Å². The molecule has 0 bridgehead atoms. The highest BCUT2D eigenvalue weighted by atomic mass is 16.5. The van der Waals surface area contributed by atoms with Crippen molar-refractivity contribution in [3.63, 3.8) is 0 Å². The Hall–Kier alpha value is -2.69. The van der Waals surface area contributed by atoms with Crippen LogP contribution in [0.1, 0.15) is 45.2 Å². The minimum absolute atomic E-state index is 0.0896. The number of methoxy groups -OCH3 is 1. The molecular weight excluding hydrogens is 364 g/mol. The van der Waals surface area contributed by atoms with E-state index in [1.807, 2.05) is 25.1 Å². The molecule has 0 aliphatic carbocycles. The van der Waals surface area contributed by atoms with Crippen molar-refractivity contribution in [2.45, 2.75) is 45.8 Å². The lowest BCUT2D eigenvalue weighted by atomic mass is 9.99. The van der Waals surface area contributed by atoms with E-state index < -0.39 is 6.10 Å². The number of anilines is 1. The maximum absolute atomic E-state index is 12.6. The summed E-state index contributed by atoms with van der Waals surface area (Å²) in [5.41, 5.74) is 2.34. The predicted octanol–water partition coefficient (Wildman–Crippen LogP) is 4.58. The highest BCUT2D eigenvalue weighted by Gasteiger charge is 2.19. The third-order valence-electron chi connectivity index (χ3n) is 5.50. The van der Waals surface area contributed by atoms with Crippen molar-refractivity contribution in [2.24, 2.45) is 5.92 Å². The van der Waals surface area contributed by atoms with Gasteiger partial charge in [0.05, 0.1) is 13.2 Å². The predicted molar refractivity (Wildman–Crippen MR) is 117 cm³/mol. The molecule has 156 valence electrons. The van der Waals surface area contributed by atoms with Gasteiger partial charge < -0.3 is 19.7 Å². The number of hydrogen-bond acceptors (Lipinski definition) is 4. The van der Waals surface area contributed by atoms with Crippen LogP contribution in [0.4, 0.5) is 5.69 Å². The molecule has 3 unspecified atom stereocenters.